The van der Waals surface area contributed by atoms with E-state index in [0.29, 0.717) is 11.3 Å². The summed E-state index contributed by atoms with van der Waals surface area (Å²) in [6.45, 7) is 0. The molecular formula is C18H17N3O3. The molecular weight excluding hydrogens is 306 g/mol. The minimum Gasteiger partial charge on any atom is -0.465 e. The van der Waals surface area contributed by atoms with Gasteiger partial charge in [0, 0.05) is 5.69 Å². The lowest BCUT2D eigenvalue weighted by Gasteiger charge is -2.05. The Morgan fingerprint density at radius 1 is 1.17 bits per heavy atom. The molecule has 0 radical (unpaired) electrons. The van der Waals surface area contributed by atoms with Crippen LogP contribution in [0.5, 0.6) is 0 Å². The largest absolute Gasteiger partial charge is 0.465 e. The van der Waals surface area contributed by atoms with Crippen molar-refractivity contribution in [2.75, 3.05) is 12.4 Å². The molecule has 0 atom stereocenters. The summed E-state index contributed by atoms with van der Waals surface area (Å²) in [5.74, 6) is -0.699. The van der Waals surface area contributed by atoms with Crippen LogP contribution in [0.3, 0.4) is 0 Å². The lowest BCUT2D eigenvalue weighted by molar-refractivity contribution is -0.115. The molecule has 1 aromatic carbocycles. The van der Waals surface area contributed by atoms with E-state index in [1.54, 1.807) is 30.5 Å². The third-order valence-corrected chi connectivity index (χ3v) is 3.39. The second-order valence-electron chi connectivity index (χ2n) is 5.11. The first-order valence-corrected chi connectivity index (χ1v) is 7.41. The second-order valence-corrected chi connectivity index (χ2v) is 5.11. The van der Waals surface area contributed by atoms with Gasteiger partial charge in [0.2, 0.25) is 5.91 Å². The molecule has 6 nitrogen and oxygen atoms in total. The Morgan fingerprint density at radius 2 is 1.92 bits per heavy atom. The van der Waals surface area contributed by atoms with Gasteiger partial charge in [-0.1, -0.05) is 12.1 Å². The number of hydrogen-bond donors (Lipinski definition) is 1. The van der Waals surface area contributed by atoms with Crippen LogP contribution in [0.4, 0.5) is 5.69 Å². The number of carbonyl (C=O) groups is 2. The normalized spacial score (nSPS) is 9.83. The van der Waals surface area contributed by atoms with Crippen LogP contribution in [0, 0.1) is 11.3 Å². The summed E-state index contributed by atoms with van der Waals surface area (Å²) < 4.78 is 4.66. The Bertz CT molecular complexity index is 747. The standard InChI is InChI=1S/C18H17N3O3/c1-24-18(23)14-5-2-13(3-6-14)4-7-15-8-9-16(12-20-15)21-17(22)10-11-19/h2-3,5-6,8-9,12H,4,7,10H2,1H3,(H,21,22). The number of esters is 1. The molecule has 1 heterocycles. The van der Waals surface area contributed by atoms with Crippen LogP contribution in [-0.4, -0.2) is 24.0 Å². The van der Waals surface area contributed by atoms with Crippen molar-refractivity contribution in [3.63, 3.8) is 0 Å². The Kier molecular flexibility index (Phi) is 6.03. The number of nitriles is 1. The minimum absolute atomic E-state index is 0.177. The van der Waals surface area contributed by atoms with E-state index in [2.05, 4.69) is 15.0 Å². The highest BCUT2D eigenvalue weighted by atomic mass is 16.5. The number of anilines is 1. The fraction of sp³-hybridized carbons (Fsp3) is 0.222. The molecule has 0 saturated heterocycles. The fourth-order valence-electron chi connectivity index (χ4n) is 2.12. The van der Waals surface area contributed by atoms with Gasteiger partial charge in [-0.3, -0.25) is 9.78 Å². The van der Waals surface area contributed by atoms with Gasteiger partial charge < -0.3 is 10.1 Å². The molecule has 0 bridgehead atoms. The van der Waals surface area contributed by atoms with Crippen molar-refractivity contribution in [2.45, 2.75) is 19.3 Å². The molecule has 2 aromatic rings. The molecule has 0 aliphatic carbocycles. The average Bonchev–Trinajstić information content (AvgIpc) is 2.61. The van der Waals surface area contributed by atoms with E-state index in [1.165, 1.54) is 7.11 Å². The van der Waals surface area contributed by atoms with Crippen molar-refractivity contribution >= 4 is 17.6 Å². The van der Waals surface area contributed by atoms with E-state index >= 15 is 0 Å². The van der Waals surface area contributed by atoms with Crippen LogP contribution in [0.15, 0.2) is 42.6 Å². The van der Waals surface area contributed by atoms with E-state index in [4.69, 9.17) is 5.26 Å². The number of ether oxygens (including phenoxy) is 1. The summed E-state index contributed by atoms with van der Waals surface area (Å²) in [5, 5.41) is 11.0. The lowest BCUT2D eigenvalue weighted by atomic mass is 10.1. The summed E-state index contributed by atoms with van der Waals surface area (Å²) in [4.78, 5) is 27.0. The van der Waals surface area contributed by atoms with Crippen molar-refractivity contribution < 1.29 is 14.3 Å². The molecule has 1 N–H and O–H groups in total. The summed E-state index contributed by atoms with van der Waals surface area (Å²) in [6.07, 6.45) is 2.92. The van der Waals surface area contributed by atoms with Crippen LogP contribution in [0.2, 0.25) is 0 Å². The van der Waals surface area contributed by atoms with Crippen LogP contribution >= 0.6 is 0 Å². The van der Waals surface area contributed by atoms with Gasteiger partial charge in [0.1, 0.15) is 6.42 Å². The zero-order valence-corrected chi connectivity index (χ0v) is 13.3. The molecule has 0 aliphatic rings. The fourth-order valence-corrected chi connectivity index (χ4v) is 2.12. The number of aryl methyl sites for hydroxylation is 2. The molecule has 0 aliphatic heterocycles. The number of amides is 1. The molecule has 0 saturated carbocycles. The van der Waals surface area contributed by atoms with Crippen LogP contribution < -0.4 is 5.32 Å². The van der Waals surface area contributed by atoms with E-state index in [9.17, 15) is 9.59 Å². The number of carbonyl (C=O) groups excluding carboxylic acids is 2. The van der Waals surface area contributed by atoms with E-state index in [0.717, 1.165) is 24.1 Å². The number of hydrogen-bond acceptors (Lipinski definition) is 5. The smallest absolute Gasteiger partial charge is 0.337 e. The average molecular weight is 323 g/mol. The third-order valence-electron chi connectivity index (χ3n) is 3.39. The maximum absolute atomic E-state index is 11.4. The van der Waals surface area contributed by atoms with Crippen molar-refractivity contribution in [1.82, 2.24) is 4.98 Å². The Balaban J connectivity index is 1.89. The van der Waals surface area contributed by atoms with Crippen molar-refractivity contribution in [2.24, 2.45) is 0 Å². The van der Waals surface area contributed by atoms with Gasteiger partial charge in [0.05, 0.1) is 30.6 Å². The molecule has 122 valence electrons. The van der Waals surface area contributed by atoms with Gasteiger partial charge in [-0.25, -0.2) is 4.79 Å². The first-order valence-electron chi connectivity index (χ1n) is 7.41. The highest BCUT2D eigenvalue weighted by Crippen LogP contribution is 2.11. The van der Waals surface area contributed by atoms with Gasteiger partial charge >= 0.3 is 5.97 Å². The van der Waals surface area contributed by atoms with Gasteiger partial charge in [0.25, 0.3) is 0 Å². The predicted octanol–water partition coefficient (Wildman–Crippen LogP) is 2.51. The van der Waals surface area contributed by atoms with Gasteiger partial charge in [-0.2, -0.15) is 5.26 Å². The first kappa shape index (κ1) is 17.2. The highest BCUT2D eigenvalue weighted by molar-refractivity contribution is 5.91. The summed E-state index contributed by atoms with van der Waals surface area (Å²) in [6, 6.07) is 12.7. The Labute approximate surface area is 140 Å². The summed E-state index contributed by atoms with van der Waals surface area (Å²) in [5.41, 5.74) is 3.08. The van der Waals surface area contributed by atoms with E-state index < -0.39 is 0 Å². The molecule has 24 heavy (non-hydrogen) atoms. The van der Waals surface area contributed by atoms with Crippen LogP contribution in [0.1, 0.15) is 28.0 Å². The summed E-state index contributed by atoms with van der Waals surface area (Å²) >= 11 is 0. The maximum atomic E-state index is 11.4. The number of rotatable bonds is 6. The van der Waals surface area contributed by atoms with Crippen molar-refractivity contribution in [1.29, 1.82) is 5.26 Å². The van der Waals surface area contributed by atoms with Gasteiger partial charge in [-0.05, 0) is 42.7 Å². The highest BCUT2D eigenvalue weighted by Gasteiger charge is 2.05. The monoisotopic (exact) mass is 323 g/mol. The van der Waals surface area contributed by atoms with Crippen molar-refractivity contribution in [3.8, 4) is 6.07 Å². The van der Waals surface area contributed by atoms with Crippen LogP contribution in [-0.2, 0) is 22.4 Å². The SMILES string of the molecule is COC(=O)c1ccc(CCc2ccc(NC(=O)CC#N)cn2)cc1. The Morgan fingerprint density at radius 3 is 2.50 bits per heavy atom. The predicted molar refractivity (Wildman–Crippen MR) is 88.3 cm³/mol. The van der Waals surface area contributed by atoms with Gasteiger partial charge in [0.15, 0.2) is 0 Å². The summed E-state index contributed by atoms with van der Waals surface area (Å²) in [7, 11) is 1.36. The molecule has 0 unspecified atom stereocenters. The Hall–Kier alpha value is -3.20. The molecule has 0 spiro atoms. The zero-order valence-electron chi connectivity index (χ0n) is 13.3. The number of methoxy groups -OCH3 is 1. The van der Waals surface area contributed by atoms with Crippen molar-refractivity contribution in [3.05, 3.63) is 59.4 Å². The maximum Gasteiger partial charge on any atom is 0.337 e. The number of nitrogens with one attached hydrogen (secondary N) is 1. The first-order chi connectivity index (χ1) is 11.6. The molecule has 1 aromatic heterocycles. The zero-order chi connectivity index (χ0) is 17.4. The number of nitrogens with zero attached hydrogens (tertiary/aromatic N) is 2. The molecule has 1 amide bonds. The minimum atomic E-state index is -0.350. The third kappa shape index (κ3) is 4.92. The number of benzene rings is 1. The van der Waals surface area contributed by atoms with Crippen LogP contribution in [0.25, 0.3) is 0 Å². The topological polar surface area (TPSA) is 92.1 Å². The number of pyridine rings is 1. The number of aromatic nitrogens is 1. The molecule has 6 heteroatoms. The van der Waals surface area contributed by atoms with E-state index in [-0.39, 0.29) is 18.3 Å². The molecule has 0 fully saturated rings. The quantitative estimate of drug-likeness (QED) is 0.825. The molecule has 2 rings (SSSR count). The lowest BCUT2D eigenvalue weighted by Crippen LogP contribution is -2.10. The second kappa shape index (κ2) is 8.44. The van der Waals surface area contributed by atoms with Gasteiger partial charge in [-0.15, -0.1) is 0 Å². The van der Waals surface area contributed by atoms with E-state index in [1.807, 2.05) is 18.2 Å².